The number of anilines is 1. The van der Waals surface area contributed by atoms with Gasteiger partial charge in [-0.1, -0.05) is 6.92 Å². The summed E-state index contributed by atoms with van der Waals surface area (Å²) in [6.07, 6.45) is 0.465. The van der Waals surface area contributed by atoms with Gasteiger partial charge in [-0.3, -0.25) is 14.5 Å². The van der Waals surface area contributed by atoms with Crippen molar-refractivity contribution in [2.45, 2.75) is 26.3 Å². The third-order valence-electron chi connectivity index (χ3n) is 3.18. The van der Waals surface area contributed by atoms with Crippen LogP contribution in [0.5, 0.6) is 5.75 Å². The van der Waals surface area contributed by atoms with Crippen LogP contribution in [0.25, 0.3) is 0 Å². The molecule has 1 fully saturated rings. The maximum absolute atomic E-state index is 13.9. The number of amides is 2. The van der Waals surface area contributed by atoms with Crippen molar-refractivity contribution >= 4 is 17.5 Å². The van der Waals surface area contributed by atoms with Crippen molar-refractivity contribution in [1.82, 2.24) is 5.32 Å². The number of carbonyl (C=O) groups is 2. The van der Waals surface area contributed by atoms with Crippen LogP contribution in [0.3, 0.4) is 0 Å². The first-order valence-corrected chi connectivity index (χ1v) is 6.60. The van der Waals surface area contributed by atoms with Gasteiger partial charge in [-0.15, -0.1) is 0 Å². The Balaban J connectivity index is 2.35. The number of hydrogen-bond acceptors (Lipinski definition) is 3. The lowest BCUT2D eigenvalue weighted by Crippen LogP contribution is -2.58. The summed E-state index contributed by atoms with van der Waals surface area (Å²) in [6, 6.07) is 3.69. The molecule has 1 aliphatic heterocycles. The quantitative estimate of drug-likeness (QED) is 0.908. The lowest BCUT2D eigenvalue weighted by atomic mass is 10.1. The molecular formula is C14H17FN2O3. The van der Waals surface area contributed by atoms with Crippen LogP contribution < -0.4 is 15.0 Å². The molecule has 0 aromatic heterocycles. The Morgan fingerprint density at radius 1 is 1.40 bits per heavy atom. The fourth-order valence-electron chi connectivity index (χ4n) is 2.26. The Hall–Kier alpha value is -2.11. The zero-order chi connectivity index (χ0) is 14.7. The zero-order valence-corrected chi connectivity index (χ0v) is 11.5. The summed E-state index contributed by atoms with van der Waals surface area (Å²) in [7, 11) is 0. The van der Waals surface area contributed by atoms with Crippen LogP contribution in [0, 0.1) is 5.82 Å². The summed E-state index contributed by atoms with van der Waals surface area (Å²) in [5.41, 5.74) is 0.373. The third kappa shape index (κ3) is 2.59. The number of benzene rings is 1. The molecule has 1 N–H and O–H groups in total. The van der Waals surface area contributed by atoms with Crippen LogP contribution in [0.15, 0.2) is 18.2 Å². The first-order chi connectivity index (χ1) is 9.58. The summed E-state index contributed by atoms with van der Waals surface area (Å²) in [5, 5.41) is 2.53. The van der Waals surface area contributed by atoms with Crippen molar-refractivity contribution in [1.29, 1.82) is 0 Å². The van der Waals surface area contributed by atoms with E-state index in [2.05, 4.69) is 5.32 Å². The average molecular weight is 280 g/mol. The highest BCUT2D eigenvalue weighted by atomic mass is 19.1. The molecule has 5 nitrogen and oxygen atoms in total. The summed E-state index contributed by atoms with van der Waals surface area (Å²) in [4.78, 5) is 25.1. The van der Waals surface area contributed by atoms with Crippen molar-refractivity contribution in [3.8, 4) is 5.75 Å². The van der Waals surface area contributed by atoms with Crippen molar-refractivity contribution in [3.05, 3.63) is 24.0 Å². The summed E-state index contributed by atoms with van der Waals surface area (Å²) in [5.74, 6) is -0.877. The second-order valence-electron chi connectivity index (χ2n) is 4.45. The van der Waals surface area contributed by atoms with Gasteiger partial charge in [0.05, 0.1) is 13.2 Å². The molecule has 1 atom stereocenters. The lowest BCUT2D eigenvalue weighted by Gasteiger charge is -2.34. The predicted octanol–water partition coefficient (Wildman–Crippen LogP) is 1.47. The highest BCUT2D eigenvalue weighted by Crippen LogP contribution is 2.27. The molecular weight excluding hydrogens is 263 g/mol. The van der Waals surface area contributed by atoms with E-state index in [0.717, 1.165) is 0 Å². The second-order valence-corrected chi connectivity index (χ2v) is 4.45. The highest BCUT2D eigenvalue weighted by Gasteiger charge is 2.34. The zero-order valence-electron chi connectivity index (χ0n) is 11.5. The van der Waals surface area contributed by atoms with Gasteiger partial charge in [0.15, 0.2) is 11.6 Å². The molecule has 1 aromatic rings. The molecule has 1 aromatic carbocycles. The van der Waals surface area contributed by atoms with Gasteiger partial charge < -0.3 is 10.1 Å². The van der Waals surface area contributed by atoms with Gasteiger partial charge >= 0.3 is 0 Å². The van der Waals surface area contributed by atoms with Crippen LogP contribution in [0.2, 0.25) is 0 Å². The minimum absolute atomic E-state index is 0.0653. The van der Waals surface area contributed by atoms with Crippen LogP contribution in [-0.4, -0.2) is 31.0 Å². The molecule has 1 saturated heterocycles. The molecule has 6 heteroatoms. The van der Waals surface area contributed by atoms with Crippen LogP contribution >= 0.6 is 0 Å². The van der Waals surface area contributed by atoms with E-state index < -0.39 is 11.9 Å². The van der Waals surface area contributed by atoms with Crippen molar-refractivity contribution in [2.24, 2.45) is 0 Å². The lowest BCUT2D eigenvalue weighted by molar-refractivity contribution is -0.131. The van der Waals surface area contributed by atoms with E-state index in [1.165, 1.54) is 17.0 Å². The summed E-state index contributed by atoms with van der Waals surface area (Å²) < 4.78 is 19.0. The molecule has 1 aliphatic rings. The minimum atomic E-state index is -0.603. The van der Waals surface area contributed by atoms with Gasteiger partial charge in [0.1, 0.15) is 6.04 Å². The molecule has 0 bridgehead atoms. The van der Waals surface area contributed by atoms with E-state index >= 15 is 0 Å². The number of nitrogens with zero attached hydrogens (tertiary/aromatic N) is 1. The fraction of sp³-hybridized carbons (Fsp3) is 0.429. The Kier molecular flexibility index (Phi) is 4.22. The summed E-state index contributed by atoms with van der Waals surface area (Å²) in [6.45, 7) is 3.86. The second kappa shape index (κ2) is 5.90. The predicted molar refractivity (Wildman–Crippen MR) is 72.1 cm³/mol. The van der Waals surface area contributed by atoms with Crippen LogP contribution in [-0.2, 0) is 9.59 Å². The molecule has 2 rings (SSSR count). The van der Waals surface area contributed by atoms with Gasteiger partial charge in [-0.25, -0.2) is 4.39 Å². The standard InChI is InChI=1S/C14H17FN2O3/c1-3-11-14(19)16-8-13(18)17(11)9-5-6-12(20-4-2)10(15)7-9/h5-7,11H,3-4,8H2,1-2H3,(H,16,19). The molecule has 0 saturated carbocycles. The number of carbonyl (C=O) groups excluding carboxylic acids is 2. The maximum Gasteiger partial charge on any atom is 0.247 e. The van der Waals surface area contributed by atoms with Gasteiger partial charge in [0.25, 0.3) is 0 Å². The topological polar surface area (TPSA) is 58.6 Å². The van der Waals surface area contributed by atoms with E-state index in [4.69, 9.17) is 4.74 Å². The monoisotopic (exact) mass is 280 g/mol. The van der Waals surface area contributed by atoms with Crippen molar-refractivity contribution in [2.75, 3.05) is 18.1 Å². The molecule has 2 amide bonds. The number of ether oxygens (including phenoxy) is 1. The fourth-order valence-corrected chi connectivity index (χ4v) is 2.26. The number of rotatable bonds is 4. The number of piperazine rings is 1. The van der Waals surface area contributed by atoms with Crippen molar-refractivity contribution in [3.63, 3.8) is 0 Å². The van der Waals surface area contributed by atoms with E-state index in [9.17, 15) is 14.0 Å². The molecule has 0 aliphatic carbocycles. The molecule has 0 spiro atoms. The highest BCUT2D eigenvalue weighted by molar-refractivity contribution is 6.06. The normalized spacial score (nSPS) is 18.9. The maximum atomic E-state index is 13.9. The smallest absolute Gasteiger partial charge is 0.247 e. The molecule has 1 unspecified atom stereocenters. The van der Waals surface area contributed by atoms with Crippen LogP contribution in [0.1, 0.15) is 20.3 Å². The van der Waals surface area contributed by atoms with Gasteiger partial charge in [0.2, 0.25) is 11.8 Å². The largest absolute Gasteiger partial charge is 0.491 e. The third-order valence-corrected chi connectivity index (χ3v) is 3.18. The summed E-state index contributed by atoms with van der Waals surface area (Å²) >= 11 is 0. The van der Waals surface area contributed by atoms with Gasteiger partial charge in [-0.2, -0.15) is 0 Å². The molecule has 0 radical (unpaired) electrons. The Bertz CT molecular complexity index is 533. The molecule has 1 heterocycles. The Labute approximate surface area is 116 Å². The first kappa shape index (κ1) is 14.3. The minimum Gasteiger partial charge on any atom is -0.491 e. The van der Waals surface area contributed by atoms with E-state index in [1.54, 1.807) is 19.9 Å². The van der Waals surface area contributed by atoms with Gasteiger partial charge in [0, 0.05) is 11.8 Å². The Morgan fingerprint density at radius 2 is 2.15 bits per heavy atom. The molecule has 108 valence electrons. The van der Waals surface area contributed by atoms with E-state index in [0.29, 0.717) is 18.7 Å². The SMILES string of the molecule is CCOc1ccc(N2C(=O)CNC(=O)C2CC)cc1F. The van der Waals surface area contributed by atoms with E-state index in [-0.39, 0.29) is 24.1 Å². The Morgan fingerprint density at radius 3 is 2.75 bits per heavy atom. The first-order valence-electron chi connectivity index (χ1n) is 6.60. The van der Waals surface area contributed by atoms with Crippen molar-refractivity contribution < 1.29 is 18.7 Å². The molecule has 20 heavy (non-hydrogen) atoms. The number of nitrogens with one attached hydrogen (secondary N) is 1. The van der Waals surface area contributed by atoms with Crippen LogP contribution in [0.4, 0.5) is 10.1 Å². The number of halogens is 1. The van der Waals surface area contributed by atoms with Gasteiger partial charge in [-0.05, 0) is 25.5 Å². The average Bonchev–Trinajstić information content (AvgIpc) is 2.43. The van der Waals surface area contributed by atoms with E-state index in [1.807, 2.05) is 0 Å². The number of hydrogen-bond donors (Lipinski definition) is 1.